The van der Waals surface area contributed by atoms with Gasteiger partial charge in [0.1, 0.15) is 12.7 Å². The minimum absolute atomic E-state index is 0.0805. The van der Waals surface area contributed by atoms with Crippen molar-refractivity contribution in [3.8, 4) is 0 Å². The highest BCUT2D eigenvalue weighted by Crippen LogP contribution is 2.43. The second-order valence-corrected chi connectivity index (χ2v) is 14.2. The number of esters is 2. The maximum Gasteiger partial charge on any atom is 0.472 e. The quantitative estimate of drug-likeness (QED) is 0.0150. The van der Waals surface area contributed by atoms with E-state index in [0.717, 1.165) is 51.4 Å². The minimum Gasteiger partial charge on any atom is -0.462 e. The van der Waals surface area contributed by atoms with Gasteiger partial charge in [0.2, 0.25) is 0 Å². The lowest BCUT2D eigenvalue weighted by Gasteiger charge is -2.20. The fourth-order valence-electron chi connectivity index (χ4n) is 4.48. The number of rotatable bonds is 33. The Hall–Kier alpha value is -2.40. The van der Waals surface area contributed by atoms with Crippen molar-refractivity contribution in [2.24, 2.45) is 5.92 Å². The van der Waals surface area contributed by atoms with Gasteiger partial charge in [-0.05, 0) is 50.5 Å². The molecule has 50 heavy (non-hydrogen) atoms. The van der Waals surface area contributed by atoms with E-state index in [4.69, 9.17) is 19.1 Å². The molecule has 0 fully saturated rings. The van der Waals surface area contributed by atoms with Crippen LogP contribution in [0.15, 0.2) is 48.6 Å². The zero-order chi connectivity index (χ0) is 37.3. The van der Waals surface area contributed by atoms with Crippen molar-refractivity contribution in [2.45, 2.75) is 142 Å². The third-order valence-electron chi connectivity index (χ3n) is 7.39. The van der Waals surface area contributed by atoms with Gasteiger partial charge >= 0.3 is 19.8 Å². The predicted molar refractivity (Wildman–Crippen MR) is 196 cm³/mol. The number of carbonyl (C=O) groups excluding carboxylic acids is 3. The average molecular weight is 729 g/mol. The van der Waals surface area contributed by atoms with Crippen LogP contribution >= 0.6 is 7.82 Å². The van der Waals surface area contributed by atoms with E-state index in [-0.39, 0.29) is 25.2 Å². The zero-order valence-corrected chi connectivity index (χ0v) is 31.6. The molecule has 0 bridgehead atoms. The van der Waals surface area contributed by atoms with Crippen LogP contribution in [0.1, 0.15) is 130 Å². The molecule has 0 aromatic heterocycles. The van der Waals surface area contributed by atoms with E-state index in [9.17, 15) is 28.9 Å². The van der Waals surface area contributed by atoms with Crippen molar-refractivity contribution >= 4 is 25.5 Å². The first-order chi connectivity index (χ1) is 24.0. The summed E-state index contributed by atoms with van der Waals surface area (Å²) < 4.78 is 32.4. The van der Waals surface area contributed by atoms with Crippen LogP contribution < -0.4 is 0 Å². The van der Waals surface area contributed by atoms with E-state index in [1.54, 1.807) is 12.2 Å². The standard InChI is InChI=1S/C38H65O11P/c1-4-5-19-25-34(40)26-21-16-11-9-7-6-8-10-12-18-23-28-38(43)49-36(32-48-50(44,45)47-30-35(41)29-39)31-46-37(42)27-22-17-14-13-15-20-24-33(2)3/h6-7,10-12,16,21,26,33,35-36,39,41H,4-5,8-9,13-15,17-20,22-25,27-32H2,1-3H3,(H,44,45)/b7-6-,12-10-,16-11-,26-21+/t35-,36+/m0/s1. The predicted octanol–water partition coefficient (Wildman–Crippen LogP) is 8.03. The molecule has 0 radical (unpaired) electrons. The number of phosphoric acid groups is 1. The van der Waals surface area contributed by atoms with E-state index < -0.39 is 51.8 Å². The Morgan fingerprint density at radius 2 is 1.34 bits per heavy atom. The SMILES string of the molecule is CCCCCC(=O)/C=C/C=C\C/C=C\C/C=C\CCCC(=O)O[C@H](COC(=O)CCCCCCCCC(C)C)COP(=O)(O)OC[C@@H](O)CO. The Balaban J connectivity index is 4.54. The molecule has 0 amide bonds. The third kappa shape index (κ3) is 32.8. The van der Waals surface area contributed by atoms with Gasteiger partial charge in [-0.1, -0.05) is 115 Å². The number of allylic oxidation sites excluding steroid dienone is 8. The molecule has 3 atom stereocenters. The molecule has 11 nitrogen and oxygen atoms in total. The van der Waals surface area contributed by atoms with Gasteiger partial charge in [0.15, 0.2) is 11.9 Å². The van der Waals surface area contributed by atoms with Gasteiger partial charge in [0, 0.05) is 19.3 Å². The number of ketones is 1. The largest absolute Gasteiger partial charge is 0.472 e. The minimum atomic E-state index is -4.64. The molecule has 0 aliphatic heterocycles. The summed E-state index contributed by atoms with van der Waals surface area (Å²) in [5.41, 5.74) is 0. The second-order valence-electron chi connectivity index (χ2n) is 12.8. The van der Waals surface area contributed by atoms with Crippen LogP contribution in [-0.4, -0.2) is 71.5 Å². The molecule has 0 saturated carbocycles. The van der Waals surface area contributed by atoms with Gasteiger partial charge in [-0.25, -0.2) is 4.57 Å². The Morgan fingerprint density at radius 1 is 0.720 bits per heavy atom. The average Bonchev–Trinajstić information content (AvgIpc) is 3.08. The molecule has 3 N–H and O–H groups in total. The van der Waals surface area contributed by atoms with Crippen LogP contribution in [0.3, 0.4) is 0 Å². The van der Waals surface area contributed by atoms with Crippen molar-refractivity contribution in [3.05, 3.63) is 48.6 Å². The molecular formula is C38H65O11P. The normalized spacial score (nSPS) is 14.6. The van der Waals surface area contributed by atoms with Crippen molar-refractivity contribution < 1.29 is 52.6 Å². The van der Waals surface area contributed by atoms with E-state index in [1.807, 2.05) is 36.5 Å². The summed E-state index contributed by atoms with van der Waals surface area (Å²) in [6, 6.07) is 0. The first-order valence-corrected chi connectivity index (χ1v) is 19.9. The molecule has 0 heterocycles. The molecule has 0 saturated heterocycles. The van der Waals surface area contributed by atoms with Crippen LogP contribution in [-0.2, 0) is 37.5 Å². The van der Waals surface area contributed by atoms with Crippen molar-refractivity contribution in [3.63, 3.8) is 0 Å². The van der Waals surface area contributed by atoms with Crippen LogP contribution in [0.4, 0.5) is 0 Å². The molecule has 0 spiro atoms. The Kier molecular flexibility index (Phi) is 30.9. The highest BCUT2D eigenvalue weighted by atomic mass is 31.2. The fraction of sp³-hybridized carbons (Fsp3) is 0.711. The van der Waals surface area contributed by atoms with Crippen LogP contribution in [0.25, 0.3) is 0 Å². The number of aliphatic hydroxyl groups excluding tert-OH is 2. The number of ether oxygens (including phenoxy) is 2. The summed E-state index contributed by atoms with van der Waals surface area (Å²) >= 11 is 0. The summed E-state index contributed by atoms with van der Waals surface area (Å²) in [5, 5.41) is 18.2. The molecule has 0 aliphatic rings. The number of phosphoric ester groups is 1. The number of aliphatic hydroxyl groups is 2. The molecular weight excluding hydrogens is 663 g/mol. The molecule has 0 rings (SSSR count). The van der Waals surface area contributed by atoms with Gasteiger partial charge in [0.25, 0.3) is 0 Å². The van der Waals surface area contributed by atoms with Gasteiger partial charge < -0.3 is 24.6 Å². The zero-order valence-electron chi connectivity index (χ0n) is 30.8. The summed E-state index contributed by atoms with van der Waals surface area (Å²) in [7, 11) is -4.64. The Morgan fingerprint density at radius 3 is 2.04 bits per heavy atom. The monoisotopic (exact) mass is 728 g/mol. The van der Waals surface area contributed by atoms with Gasteiger partial charge in [-0.2, -0.15) is 0 Å². The van der Waals surface area contributed by atoms with Crippen LogP contribution in [0, 0.1) is 5.92 Å². The van der Waals surface area contributed by atoms with Crippen molar-refractivity contribution in [2.75, 3.05) is 26.4 Å². The molecule has 12 heteroatoms. The second kappa shape index (κ2) is 32.5. The van der Waals surface area contributed by atoms with E-state index >= 15 is 0 Å². The van der Waals surface area contributed by atoms with Crippen LogP contribution in [0.2, 0.25) is 0 Å². The lowest BCUT2D eigenvalue weighted by atomic mass is 10.0. The lowest BCUT2D eigenvalue weighted by Crippen LogP contribution is -2.29. The van der Waals surface area contributed by atoms with Crippen molar-refractivity contribution in [1.82, 2.24) is 0 Å². The Bertz CT molecular complexity index is 1050. The molecule has 0 aliphatic carbocycles. The third-order valence-corrected chi connectivity index (χ3v) is 8.34. The first kappa shape index (κ1) is 47.6. The van der Waals surface area contributed by atoms with Gasteiger partial charge in [0.05, 0.1) is 19.8 Å². The first-order valence-electron chi connectivity index (χ1n) is 18.4. The molecule has 1 unspecified atom stereocenters. The number of hydrogen-bond donors (Lipinski definition) is 3. The summed E-state index contributed by atoms with van der Waals surface area (Å²) in [4.78, 5) is 46.4. The van der Waals surface area contributed by atoms with E-state index in [2.05, 4.69) is 25.3 Å². The molecule has 0 aromatic rings. The fourth-order valence-corrected chi connectivity index (χ4v) is 5.27. The van der Waals surface area contributed by atoms with Crippen LogP contribution in [0.5, 0.6) is 0 Å². The van der Waals surface area contributed by atoms with Crippen molar-refractivity contribution in [1.29, 1.82) is 0 Å². The topological polar surface area (TPSA) is 166 Å². The maximum absolute atomic E-state index is 12.5. The summed E-state index contributed by atoms with van der Waals surface area (Å²) in [5.74, 6) is -0.171. The lowest BCUT2D eigenvalue weighted by molar-refractivity contribution is -0.161. The highest BCUT2D eigenvalue weighted by molar-refractivity contribution is 7.47. The van der Waals surface area contributed by atoms with E-state index in [1.165, 1.54) is 19.3 Å². The van der Waals surface area contributed by atoms with Gasteiger partial charge in [-0.3, -0.25) is 23.4 Å². The molecule has 288 valence electrons. The summed E-state index contributed by atoms with van der Waals surface area (Å²) in [6.45, 7) is 4.31. The highest BCUT2D eigenvalue weighted by Gasteiger charge is 2.27. The van der Waals surface area contributed by atoms with Gasteiger partial charge in [-0.15, -0.1) is 0 Å². The number of carbonyl (C=O) groups is 3. The summed E-state index contributed by atoms with van der Waals surface area (Å²) in [6.07, 6.45) is 26.8. The smallest absolute Gasteiger partial charge is 0.462 e. The number of hydrogen-bond acceptors (Lipinski definition) is 10. The van der Waals surface area contributed by atoms with E-state index in [0.29, 0.717) is 31.6 Å². The molecule has 0 aromatic carbocycles. The Labute approximate surface area is 300 Å². The maximum atomic E-state index is 12.5. The number of unbranched alkanes of at least 4 members (excludes halogenated alkanes) is 8.